The first-order chi connectivity index (χ1) is 9.63. The summed E-state index contributed by atoms with van der Waals surface area (Å²) in [4.78, 5) is 7.40. The second-order valence-electron chi connectivity index (χ2n) is 6.93. The van der Waals surface area contributed by atoms with E-state index in [1.54, 1.807) is 0 Å². The van der Waals surface area contributed by atoms with Crippen LogP contribution in [0.2, 0.25) is 0 Å². The molecule has 2 atom stereocenters. The summed E-state index contributed by atoms with van der Waals surface area (Å²) in [6.07, 6.45) is 7.36. The average Bonchev–Trinajstić information content (AvgIpc) is 2.83. The van der Waals surface area contributed by atoms with E-state index < -0.39 is 0 Å². The van der Waals surface area contributed by atoms with Gasteiger partial charge in [-0.05, 0) is 58.9 Å². The minimum atomic E-state index is 0.540. The lowest BCUT2D eigenvalue weighted by Gasteiger charge is -2.35. The van der Waals surface area contributed by atoms with Crippen LogP contribution in [0, 0.1) is 5.92 Å². The summed E-state index contributed by atoms with van der Waals surface area (Å²) in [6, 6.07) is 1.21. The Morgan fingerprint density at radius 1 is 1.25 bits per heavy atom. The van der Waals surface area contributed by atoms with Crippen molar-refractivity contribution in [2.45, 2.75) is 71.4 Å². The maximum absolute atomic E-state index is 4.80. The predicted octanol–water partition coefficient (Wildman–Crippen LogP) is 2.84. The van der Waals surface area contributed by atoms with Crippen LogP contribution in [0.25, 0.3) is 0 Å². The molecule has 0 radical (unpaired) electrons. The zero-order valence-electron chi connectivity index (χ0n) is 13.2. The molecule has 0 spiro atoms. The molecule has 2 aliphatic rings. The van der Waals surface area contributed by atoms with Crippen LogP contribution in [0.15, 0.2) is 0 Å². The smallest absolute Gasteiger partial charge is 0.151 e. The molecule has 20 heavy (non-hydrogen) atoms. The fourth-order valence-electron chi connectivity index (χ4n) is 3.68. The molecule has 0 aromatic carbocycles. The Morgan fingerprint density at radius 2 is 2.10 bits per heavy atom. The maximum Gasteiger partial charge on any atom is 0.151 e. The van der Waals surface area contributed by atoms with Gasteiger partial charge in [0, 0.05) is 25.4 Å². The quantitative estimate of drug-likeness (QED) is 0.851. The summed E-state index contributed by atoms with van der Waals surface area (Å²) in [6.45, 7) is 9.35. The summed E-state index contributed by atoms with van der Waals surface area (Å²) in [5, 5.41) is 4.78. The fourth-order valence-corrected chi connectivity index (χ4v) is 3.68. The van der Waals surface area contributed by atoms with Gasteiger partial charge in [0.05, 0.1) is 6.04 Å². The van der Waals surface area contributed by atoms with E-state index in [0.717, 1.165) is 24.6 Å². The molecule has 0 bridgehead atoms. The topological polar surface area (TPSA) is 34.0 Å². The molecule has 0 saturated carbocycles. The molecule has 1 fully saturated rings. The molecule has 4 nitrogen and oxygen atoms in total. The Balaban J connectivity index is 1.66. The van der Waals surface area contributed by atoms with Crippen LogP contribution in [-0.2, 0) is 12.8 Å². The van der Waals surface area contributed by atoms with Gasteiger partial charge in [0.25, 0.3) is 0 Å². The molecule has 0 N–H and O–H groups in total. The molecule has 112 valence electrons. The van der Waals surface area contributed by atoms with Gasteiger partial charge in [-0.2, -0.15) is 5.10 Å². The van der Waals surface area contributed by atoms with E-state index in [4.69, 9.17) is 10.1 Å². The van der Waals surface area contributed by atoms with Gasteiger partial charge in [0.1, 0.15) is 5.82 Å². The lowest BCUT2D eigenvalue weighted by Crippen LogP contribution is -2.40. The van der Waals surface area contributed by atoms with Gasteiger partial charge >= 0.3 is 0 Å². The van der Waals surface area contributed by atoms with Crippen molar-refractivity contribution in [1.82, 2.24) is 19.7 Å². The highest BCUT2D eigenvalue weighted by atomic mass is 15.4. The van der Waals surface area contributed by atoms with Gasteiger partial charge < -0.3 is 4.90 Å². The SMILES string of the molecule is CC(C)N1CCCC(Cc2nc3n(n2)C(C)CCC3)C1. The molecule has 1 saturated heterocycles. The maximum atomic E-state index is 4.80. The van der Waals surface area contributed by atoms with Crippen LogP contribution < -0.4 is 0 Å². The monoisotopic (exact) mass is 276 g/mol. The number of likely N-dealkylation sites (tertiary alicyclic amines) is 1. The van der Waals surface area contributed by atoms with Crippen molar-refractivity contribution in [2.24, 2.45) is 5.92 Å². The molecule has 3 rings (SSSR count). The van der Waals surface area contributed by atoms with E-state index in [2.05, 4.69) is 30.4 Å². The highest BCUT2D eigenvalue weighted by Crippen LogP contribution is 2.25. The lowest BCUT2D eigenvalue weighted by molar-refractivity contribution is 0.138. The molecule has 1 aromatic heterocycles. The lowest BCUT2D eigenvalue weighted by atomic mass is 9.94. The first-order valence-electron chi connectivity index (χ1n) is 8.32. The summed E-state index contributed by atoms with van der Waals surface area (Å²) < 4.78 is 2.18. The first kappa shape index (κ1) is 14.1. The highest BCUT2D eigenvalue weighted by Gasteiger charge is 2.25. The van der Waals surface area contributed by atoms with Crippen LogP contribution in [0.3, 0.4) is 0 Å². The third-order valence-electron chi connectivity index (χ3n) is 4.94. The molecule has 0 aliphatic carbocycles. The second-order valence-corrected chi connectivity index (χ2v) is 6.93. The van der Waals surface area contributed by atoms with Gasteiger partial charge in [-0.3, -0.25) is 0 Å². The van der Waals surface area contributed by atoms with Crippen LogP contribution in [-0.4, -0.2) is 38.8 Å². The molecule has 2 aliphatic heterocycles. The van der Waals surface area contributed by atoms with Crippen molar-refractivity contribution in [3.63, 3.8) is 0 Å². The second kappa shape index (κ2) is 5.84. The Labute approximate surface area is 122 Å². The van der Waals surface area contributed by atoms with Crippen molar-refractivity contribution in [2.75, 3.05) is 13.1 Å². The number of hydrogen-bond donors (Lipinski definition) is 0. The van der Waals surface area contributed by atoms with E-state index in [1.165, 1.54) is 44.6 Å². The predicted molar refractivity (Wildman–Crippen MR) is 80.8 cm³/mol. The number of rotatable bonds is 3. The molecular weight excluding hydrogens is 248 g/mol. The van der Waals surface area contributed by atoms with Crippen molar-refractivity contribution in [3.05, 3.63) is 11.6 Å². The van der Waals surface area contributed by atoms with Crippen LogP contribution in [0.5, 0.6) is 0 Å². The Bertz CT molecular complexity index is 451. The summed E-state index contributed by atoms with van der Waals surface area (Å²) in [5.41, 5.74) is 0. The fraction of sp³-hybridized carbons (Fsp3) is 0.875. The highest BCUT2D eigenvalue weighted by molar-refractivity contribution is 4.99. The number of hydrogen-bond acceptors (Lipinski definition) is 3. The van der Waals surface area contributed by atoms with Crippen molar-refractivity contribution < 1.29 is 0 Å². The molecule has 1 aromatic rings. The minimum absolute atomic E-state index is 0.540. The third-order valence-corrected chi connectivity index (χ3v) is 4.94. The third kappa shape index (κ3) is 2.90. The van der Waals surface area contributed by atoms with Crippen LogP contribution >= 0.6 is 0 Å². The zero-order chi connectivity index (χ0) is 14.1. The Morgan fingerprint density at radius 3 is 2.85 bits per heavy atom. The van der Waals surface area contributed by atoms with Crippen molar-refractivity contribution >= 4 is 0 Å². The molecule has 2 unspecified atom stereocenters. The zero-order valence-corrected chi connectivity index (χ0v) is 13.2. The van der Waals surface area contributed by atoms with Gasteiger partial charge in [0.15, 0.2) is 5.82 Å². The van der Waals surface area contributed by atoms with E-state index in [9.17, 15) is 0 Å². The van der Waals surface area contributed by atoms with Gasteiger partial charge in [-0.25, -0.2) is 9.67 Å². The van der Waals surface area contributed by atoms with Gasteiger partial charge in [-0.15, -0.1) is 0 Å². The van der Waals surface area contributed by atoms with E-state index in [-0.39, 0.29) is 0 Å². The van der Waals surface area contributed by atoms with E-state index in [1.807, 2.05) is 0 Å². The van der Waals surface area contributed by atoms with Gasteiger partial charge in [-0.1, -0.05) is 0 Å². The standard InChI is InChI=1S/C16H28N4/c1-12(2)19-9-5-7-14(11-19)10-15-17-16-8-4-6-13(3)20(16)18-15/h12-14H,4-11H2,1-3H3. The Kier molecular flexibility index (Phi) is 4.11. The largest absolute Gasteiger partial charge is 0.301 e. The van der Waals surface area contributed by atoms with Crippen molar-refractivity contribution in [3.8, 4) is 0 Å². The summed E-state index contributed by atoms with van der Waals surface area (Å²) >= 11 is 0. The minimum Gasteiger partial charge on any atom is -0.301 e. The van der Waals surface area contributed by atoms with Crippen molar-refractivity contribution in [1.29, 1.82) is 0 Å². The molecular formula is C16H28N4. The number of nitrogens with zero attached hydrogens (tertiary/aromatic N) is 4. The molecule has 4 heteroatoms. The van der Waals surface area contributed by atoms with Crippen LogP contribution in [0.1, 0.15) is 64.1 Å². The molecule has 0 amide bonds. The first-order valence-corrected chi connectivity index (χ1v) is 8.32. The average molecular weight is 276 g/mol. The number of aromatic nitrogens is 3. The number of aryl methyl sites for hydroxylation is 1. The summed E-state index contributed by atoms with van der Waals surface area (Å²) in [5.74, 6) is 3.05. The normalized spacial score (nSPS) is 27.8. The van der Waals surface area contributed by atoms with E-state index in [0.29, 0.717) is 12.1 Å². The summed E-state index contributed by atoms with van der Waals surface area (Å²) in [7, 11) is 0. The molecule has 3 heterocycles. The number of fused-ring (bicyclic) bond motifs is 1. The number of piperidine rings is 1. The van der Waals surface area contributed by atoms with Crippen LogP contribution in [0.4, 0.5) is 0 Å². The van der Waals surface area contributed by atoms with E-state index >= 15 is 0 Å². The Hall–Kier alpha value is -0.900. The van der Waals surface area contributed by atoms with Gasteiger partial charge in [0.2, 0.25) is 0 Å².